The van der Waals surface area contributed by atoms with Crippen molar-refractivity contribution in [2.45, 2.75) is 58.0 Å². The van der Waals surface area contributed by atoms with Crippen LogP contribution in [0.15, 0.2) is 24.3 Å². The number of rotatable bonds is 6. The molecule has 0 bridgehead atoms. The third kappa shape index (κ3) is 4.01. The third-order valence-electron chi connectivity index (χ3n) is 5.75. The van der Waals surface area contributed by atoms with Gasteiger partial charge in [-0.3, -0.25) is 4.79 Å². The van der Waals surface area contributed by atoms with E-state index in [0.29, 0.717) is 16.8 Å². The zero-order chi connectivity index (χ0) is 19.4. The van der Waals surface area contributed by atoms with Crippen LogP contribution < -0.4 is 10.6 Å². The maximum atomic E-state index is 13.1. The van der Waals surface area contributed by atoms with E-state index in [1.807, 2.05) is 35.9 Å². The maximum Gasteiger partial charge on any atom is 0.274 e. The van der Waals surface area contributed by atoms with E-state index in [9.17, 15) is 4.79 Å². The van der Waals surface area contributed by atoms with E-state index in [1.165, 1.54) is 0 Å². The molecule has 1 aliphatic rings. The van der Waals surface area contributed by atoms with Gasteiger partial charge in [0.1, 0.15) is 0 Å². The van der Waals surface area contributed by atoms with Crippen molar-refractivity contribution in [3.8, 4) is 0 Å². The molecule has 0 saturated carbocycles. The highest BCUT2D eigenvalue weighted by atomic mass is 35.5. The number of carbonyl (C=O) groups excluding carboxylic acids is 1. The van der Waals surface area contributed by atoms with Crippen LogP contribution in [0, 0.1) is 6.92 Å². The van der Waals surface area contributed by atoms with Crippen LogP contribution in [0.5, 0.6) is 0 Å². The van der Waals surface area contributed by atoms with Gasteiger partial charge in [-0.1, -0.05) is 42.8 Å². The van der Waals surface area contributed by atoms with Crippen LogP contribution in [0.1, 0.15) is 67.3 Å². The smallest absolute Gasteiger partial charge is 0.274 e. The molecule has 0 aliphatic carbocycles. The lowest BCUT2D eigenvalue weighted by atomic mass is 9.84. The lowest BCUT2D eigenvalue weighted by molar-refractivity contribution is 0.0883. The predicted molar refractivity (Wildman–Crippen MR) is 107 cm³/mol. The number of carbonyl (C=O) groups is 1. The van der Waals surface area contributed by atoms with Crippen LogP contribution in [0.3, 0.4) is 0 Å². The van der Waals surface area contributed by atoms with Crippen molar-refractivity contribution in [2.75, 3.05) is 13.1 Å². The second kappa shape index (κ2) is 8.40. The molecule has 1 aromatic heterocycles. The summed E-state index contributed by atoms with van der Waals surface area (Å²) in [6.07, 6.45) is 3.56. The average Bonchev–Trinajstić information content (AvgIpc) is 3.09. The van der Waals surface area contributed by atoms with Crippen LogP contribution in [0.4, 0.5) is 0 Å². The standard InChI is InChI=1S/C20H28ClN5O/c1-4-20(5-2,15-6-8-16(21)9-7-15)23-19(27)18-14(3)26(25-24-18)17-10-12-22-13-11-17/h6-9,17,22H,4-5,10-13H2,1-3H3,(H,23,27). The fourth-order valence-electron chi connectivity index (χ4n) is 3.90. The molecule has 6 nitrogen and oxygen atoms in total. The first-order valence-corrected chi connectivity index (χ1v) is 10.1. The largest absolute Gasteiger partial charge is 0.341 e. The molecule has 1 saturated heterocycles. The highest BCUT2D eigenvalue weighted by Crippen LogP contribution is 2.30. The van der Waals surface area contributed by atoms with Gasteiger partial charge < -0.3 is 10.6 Å². The summed E-state index contributed by atoms with van der Waals surface area (Å²) in [5.41, 5.74) is 1.84. The number of nitrogens with one attached hydrogen (secondary N) is 2. The predicted octanol–water partition coefficient (Wildman–Crippen LogP) is 3.61. The minimum Gasteiger partial charge on any atom is -0.341 e. The van der Waals surface area contributed by atoms with Crippen molar-refractivity contribution in [3.05, 3.63) is 46.2 Å². The Morgan fingerprint density at radius 1 is 1.26 bits per heavy atom. The number of piperidine rings is 1. The molecular weight excluding hydrogens is 362 g/mol. The number of amides is 1. The highest BCUT2D eigenvalue weighted by Gasteiger charge is 2.32. The number of hydrogen-bond acceptors (Lipinski definition) is 4. The molecule has 0 atom stereocenters. The minimum atomic E-state index is -0.452. The fraction of sp³-hybridized carbons (Fsp3) is 0.550. The Balaban J connectivity index is 1.84. The molecule has 1 aromatic carbocycles. The van der Waals surface area contributed by atoms with E-state index in [0.717, 1.165) is 50.0 Å². The molecular formula is C20H28ClN5O. The third-order valence-corrected chi connectivity index (χ3v) is 6.01. The quantitative estimate of drug-likeness (QED) is 0.791. The van der Waals surface area contributed by atoms with Crippen molar-refractivity contribution < 1.29 is 4.79 Å². The summed E-state index contributed by atoms with van der Waals surface area (Å²) >= 11 is 6.03. The van der Waals surface area contributed by atoms with Gasteiger partial charge in [0.25, 0.3) is 5.91 Å². The summed E-state index contributed by atoms with van der Waals surface area (Å²) in [5, 5.41) is 15.8. The van der Waals surface area contributed by atoms with Gasteiger partial charge in [-0.25, -0.2) is 4.68 Å². The Labute approximate surface area is 165 Å². The first-order chi connectivity index (χ1) is 13.0. The van der Waals surface area contributed by atoms with Crippen molar-refractivity contribution in [3.63, 3.8) is 0 Å². The molecule has 2 N–H and O–H groups in total. The van der Waals surface area contributed by atoms with Crippen molar-refractivity contribution >= 4 is 17.5 Å². The Bertz CT molecular complexity index is 776. The fourth-order valence-corrected chi connectivity index (χ4v) is 4.03. The van der Waals surface area contributed by atoms with E-state index in [2.05, 4.69) is 34.8 Å². The molecule has 3 rings (SSSR count). The molecule has 0 spiro atoms. The van der Waals surface area contributed by atoms with E-state index < -0.39 is 5.54 Å². The van der Waals surface area contributed by atoms with Gasteiger partial charge >= 0.3 is 0 Å². The summed E-state index contributed by atoms with van der Waals surface area (Å²) in [4.78, 5) is 13.1. The summed E-state index contributed by atoms with van der Waals surface area (Å²) < 4.78 is 1.91. The van der Waals surface area contributed by atoms with Gasteiger partial charge in [0.2, 0.25) is 0 Å². The second-order valence-electron chi connectivity index (χ2n) is 7.20. The number of halogens is 1. The van der Waals surface area contributed by atoms with Crippen molar-refractivity contribution in [1.82, 2.24) is 25.6 Å². The SMILES string of the molecule is CCC(CC)(NC(=O)c1nnn(C2CCNCC2)c1C)c1ccc(Cl)cc1. The van der Waals surface area contributed by atoms with Gasteiger partial charge in [0.15, 0.2) is 5.69 Å². The highest BCUT2D eigenvalue weighted by molar-refractivity contribution is 6.30. The van der Waals surface area contributed by atoms with E-state index >= 15 is 0 Å². The van der Waals surface area contributed by atoms with Crippen LogP contribution in [-0.2, 0) is 5.54 Å². The van der Waals surface area contributed by atoms with E-state index in [4.69, 9.17) is 11.6 Å². The van der Waals surface area contributed by atoms with Crippen molar-refractivity contribution in [1.29, 1.82) is 0 Å². The summed E-state index contributed by atoms with van der Waals surface area (Å²) in [6.45, 7) is 8.03. The molecule has 7 heteroatoms. The first kappa shape index (κ1) is 19.8. The summed E-state index contributed by atoms with van der Waals surface area (Å²) in [5.74, 6) is -0.175. The van der Waals surface area contributed by atoms with E-state index in [1.54, 1.807) is 0 Å². The van der Waals surface area contributed by atoms with Gasteiger partial charge in [-0.05, 0) is 63.4 Å². The van der Waals surface area contributed by atoms with Crippen LogP contribution >= 0.6 is 11.6 Å². The van der Waals surface area contributed by atoms with Gasteiger partial charge in [0, 0.05) is 5.02 Å². The molecule has 1 aliphatic heterocycles. The van der Waals surface area contributed by atoms with Crippen LogP contribution in [-0.4, -0.2) is 34.0 Å². The zero-order valence-electron chi connectivity index (χ0n) is 16.3. The zero-order valence-corrected chi connectivity index (χ0v) is 17.0. The Morgan fingerprint density at radius 2 is 1.89 bits per heavy atom. The average molecular weight is 390 g/mol. The van der Waals surface area contributed by atoms with E-state index in [-0.39, 0.29) is 5.91 Å². The minimum absolute atomic E-state index is 0.175. The lowest BCUT2D eigenvalue weighted by Gasteiger charge is -2.33. The Kier molecular flexibility index (Phi) is 6.17. The second-order valence-corrected chi connectivity index (χ2v) is 7.64. The lowest BCUT2D eigenvalue weighted by Crippen LogP contribution is -2.45. The molecule has 0 radical (unpaired) electrons. The number of aromatic nitrogens is 3. The van der Waals surface area contributed by atoms with Gasteiger partial charge in [-0.15, -0.1) is 5.10 Å². The molecule has 0 unspecified atom stereocenters. The van der Waals surface area contributed by atoms with Crippen molar-refractivity contribution in [2.24, 2.45) is 0 Å². The molecule has 2 aromatic rings. The maximum absolute atomic E-state index is 13.1. The summed E-state index contributed by atoms with van der Waals surface area (Å²) in [7, 11) is 0. The van der Waals surface area contributed by atoms with Crippen LogP contribution in [0.25, 0.3) is 0 Å². The Hall–Kier alpha value is -1.92. The van der Waals surface area contributed by atoms with Gasteiger partial charge in [-0.2, -0.15) is 0 Å². The summed E-state index contributed by atoms with van der Waals surface area (Å²) in [6, 6.07) is 7.99. The van der Waals surface area contributed by atoms with Crippen LogP contribution in [0.2, 0.25) is 5.02 Å². The Morgan fingerprint density at radius 3 is 2.48 bits per heavy atom. The topological polar surface area (TPSA) is 71.8 Å². The molecule has 146 valence electrons. The number of nitrogens with zero attached hydrogens (tertiary/aromatic N) is 3. The van der Waals surface area contributed by atoms with Gasteiger partial charge in [0.05, 0.1) is 17.3 Å². The molecule has 27 heavy (non-hydrogen) atoms. The number of hydrogen-bond donors (Lipinski definition) is 2. The monoisotopic (exact) mass is 389 g/mol. The number of benzene rings is 1. The molecule has 2 heterocycles. The normalized spacial score (nSPS) is 15.7. The molecule has 1 fully saturated rings. The first-order valence-electron chi connectivity index (χ1n) is 9.71. The molecule has 1 amide bonds.